The summed E-state index contributed by atoms with van der Waals surface area (Å²) in [5.41, 5.74) is 0. The minimum atomic E-state index is -3.68. The van der Waals surface area contributed by atoms with E-state index >= 15 is 0 Å². The van der Waals surface area contributed by atoms with Crippen molar-refractivity contribution in [1.29, 1.82) is 0 Å². The summed E-state index contributed by atoms with van der Waals surface area (Å²) in [4.78, 5) is 15.8. The summed E-state index contributed by atoms with van der Waals surface area (Å²) in [7, 11) is -1.90. The van der Waals surface area contributed by atoms with Crippen LogP contribution in [0.5, 0.6) is 0 Å². The van der Waals surface area contributed by atoms with Gasteiger partial charge in [-0.25, -0.2) is 12.8 Å². The molecule has 3 rings (SSSR count). The average molecular weight is 341 g/mol. The number of amides is 1. The molecule has 0 radical (unpaired) electrons. The molecule has 6 nitrogen and oxygen atoms in total. The van der Waals surface area contributed by atoms with Crippen LogP contribution in [0.15, 0.2) is 29.2 Å². The van der Waals surface area contributed by atoms with E-state index in [0.29, 0.717) is 26.2 Å². The van der Waals surface area contributed by atoms with Crippen LogP contribution in [0, 0.1) is 5.82 Å². The third-order valence-corrected chi connectivity index (χ3v) is 6.44. The van der Waals surface area contributed by atoms with Crippen LogP contribution in [0.25, 0.3) is 0 Å². The van der Waals surface area contributed by atoms with Crippen LogP contribution in [0.1, 0.15) is 6.42 Å². The largest absolute Gasteiger partial charge is 0.344 e. The molecule has 8 heteroatoms. The second kappa shape index (κ2) is 6.18. The molecule has 1 atom stereocenters. The van der Waals surface area contributed by atoms with Crippen LogP contribution in [0.4, 0.5) is 4.39 Å². The van der Waals surface area contributed by atoms with Gasteiger partial charge in [0.1, 0.15) is 5.82 Å². The van der Waals surface area contributed by atoms with E-state index in [-0.39, 0.29) is 16.8 Å². The molecule has 1 aromatic carbocycles. The Kier molecular flexibility index (Phi) is 4.39. The summed E-state index contributed by atoms with van der Waals surface area (Å²) < 4.78 is 39.7. The lowest BCUT2D eigenvalue weighted by Crippen LogP contribution is -2.53. The topological polar surface area (TPSA) is 60.9 Å². The van der Waals surface area contributed by atoms with E-state index in [0.717, 1.165) is 19.0 Å². The Labute approximate surface area is 135 Å². The maximum atomic E-state index is 13.3. The van der Waals surface area contributed by atoms with E-state index in [2.05, 4.69) is 0 Å². The minimum Gasteiger partial charge on any atom is -0.344 e. The molecule has 2 aliphatic heterocycles. The number of sulfonamides is 1. The van der Waals surface area contributed by atoms with E-state index in [4.69, 9.17) is 0 Å². The van der Waals surface area contributed by atoms with E-state index < -0.39 is 15.8 Å². The monoisotopic (exact) mass is 341 g/mol. The molecule has 0 bridgehead atoms. The van der Waals surface area contributed by atoms with Crippen molar-refractivity contribution in [3.8, 4) is 0 Å². The van der Waals surface area contributed by atoms with Gasteiger partial charge in [0, 0.05) is 39.8 Å². The molecule has 1 unspecified atom stereocenters. The first kappa shape index (κ1) is 16.4. The van der Waals surface area contributed by atoms with Gasteiger partial charge in [-0.05, 0) is 24.6 Å². The molecular weight excluding hydrogens is 321 g/mol. The van der Waals surface area contributed by atoms with Crippen LogP contribution in [-0.2, 0) is 14.8 Å². The third-order valence-electron chi connectivity index (χ3n) is 4.55. The van der Waals surface area contributed by atoms with Gasteiger partial charge in [0.15, 0.2) is 0 Å². The van der Waals surface area contributed by atoms with Gasteiger partial charge in [-0.2, -0.15) is 4.31 Å². The van der Waals surface area contributed by atoms with E-state index in [1.165, 1.54) is 22.5 Å². The summed E-state index contributed by atoms with van der Waals surface area (Å²) in [6.07, 6.45) is 0.784. The molecule has 1 aromatic rings. The first-order valence-corrected chi connectivity index (χ1v) is 9.08. The van der Waals surface area contributed by atoms with Crippen molar-refractivity contribution >= 4 is 15.9 Å². The zero-order valence-corrected chi connectivity index (χ0v) is 13.8. The predicted molar refractivity (Wildman–Crippen MR) is 82.8 cm³/mol. The van der Waals surface area contributed by atoms with Gasteiger partial charge in [0.25, 0.3) is 0 Å². The zero-order chi connectivity index (χ0) is 16.6. The Balaban J connectivity index is 1.68. The maximum Gasteiger partial charge on any atom is 0.243 e. The fourth-order valence-electron chi connectivity index (χ4n) is 3.17. The van der Waals surface area contributed by atoms with Crippen LogP contribution < -0.4 is 0 Å². The maximum absolute atomic E-state index is 13.3. The van der Waals surface area contributed by atoms with Gasteiger partial charge in [0.2, 0.25) is 15.9 Å². The Hall–Kier alpha value is -1.51. The van der Waals surface area contributed by atoms with E-state index in [1.54, 1.807) is 11.9 Å². The van der Waals surface area contributed by atoms with Gasteiger partial charge in [-0.1, -0.05) is 6.07 Å². The number of benzene rings is 1. The summed E-state index contributed by atoms with van der Waals surface area (Å²) in [5, 5.41) is 0. The molecule has 2 aliphatic rings. The van der Waals surface area contributed by atoms with Crippen molar-refractivity contribution in [3.05, 3.63) is 30.1 Å². The molecule has 0 spiro atoms. The van der Waals surface area contributed by atoms with E-state index in [1.807, 2.05) is 4.90 Å². The molecule has 126 valence electrons. The van der Waals surface area contributed by atoms with Crippen LogP contribution >= 0.6 is 0 Å². The predicted octanol–water partition coefficient (Wildman–Crippen LogP) is 0.363. The lowest BCUT2D eigenvalue weighted by atomic mass is 10.2. The average Bonchev–Trinajstić information content (AvgIpc) is 2.87. The Morgan fingerprint density at radius 2 is 1.83 bits per heavy atom. The Morgan fingerprint density at radius 1 is 1.13 bits per heavy atom. The highest BCUT2D eigenvalue weighted by atomic mass is 32.2. The molecule has 2 fully saturated rings. The van der Waals surface area contributed by atoms with Gasteiger partial charge < -0.3 is 4.90 Å². The zero-order valence-electron chi connectivity index (χ0n) is 13.0. The molecule has 0 aromatic heterocycles. The summed E-state index contributed by atoms with van der Waals surface area (Å²) in [6.45, 7) is 2.39. The smallest absolute Gasteiger partial charge is 0.243 e. The normalized spacial score (nSPS) is 24.3. The number of halogens is 1. The molecule has 0 aliphatic carbocycles. The first-order chi connectivity index (χ1) is 10.9. The fraction of sp³-hybridized carbons (Fsp3) is 0.533. The number of rotatable bonds is 3. The molecule has 2 heterocycles. The van der Waals surface area contributed by atoms with Crippen molar-refractivity contribution in [3.63, 3.8) is 0 Å². The highest BCUT2D eigenvalue weighted by Gasteiger charge is 2.37. The second-order valence-corrected chi connectivity index (χ2v) is 7.90. The van der Waals surface area contributed by atoms with Crippen molar-refractivity contribution in [2.75, 3.05) is 39.8 Å². The molecule has 0 N–H and O–H groups in total. The Bertz CT molecular complexity index is 702. The van der Waals surface area contributed by atoms with Crippen LogP contribution in [0.2, 0.25) is 0 Å². The van der Waals surface area contributed by atoms with Crippen LogP contribution in [-0.4, -0.2) is 74.2 Å². The number of likely N-dealkylation sites (N-methyl/N-ethyl adjacent to an activating group) is 1. The highest BCUT2D eigenvalue weighted by Crippen LogP contribution is 2.22. The lowest BCUT2D eigenvalue weighted by molar-refractivity contribution is -0.131. The molecular formula is C15H20FN3O3S. The molecule has 1 amide bonds. The van der Waals surface area contributed by atoms with Gasteiger partial charge in [-0.15, -0.1) is 0 Å². The third kappa shape index (κ3) is 3.11. The molecule has 23 heavy (non-hydrogen) atoms. The van der Waals surface area contributed by atoms with Gasteiger partial charge in [-0.3, -0.25) is 9.69 Å². The first-order valence-electron chi connectivity index (χ1n) is 7.64. The summed E-state index contributed by atoms with van der Waals surface area (Å²) in [5.74, 6) is -0.462. The number of nitrogens with zero attached hydrogens (tertiary/aromatic N) is 3. The lowest BCUT2D eigenvalue weighted by Gasteiger charge is -2.36. The number of carbonyl (C=O) groups excluding carboxylic acids is 1. The number of hydrogen-bond acceptors (Lipinski definition) is 4. The Morgan fingerprint density at radius 3 is 2.39 bits per heavy atom. The molecule has 0 saturated carbocycles. The number of carbonyl (C=O) groups is 1. The van der Waals surface area contributed by atoms with Crippen molar-refractivity contribution in [1.82, 2.24) is 14.1 Å². The molecule has 2 saturated heterocycles. The quantitative estimate of drug-likeness (QED) is 0.797. The van der Waals surface area contributed by atoms with Crippen molar-refractivity contribution < 1.29 is 17.6 Å². The standard InChI is InChI=1S/C15H20FN3O3S/c1-17-6-5-14(15(17)20)18-7-9-19(10-8-18)23(21,22)13-4-2-3-12(16)11-13/h2-4,11,14H,5-10H2,1H3. The van der Waals surface area contributed by atoms with Crippen molar-refractivity contribution in [2.24, 2.45) is 0 Å². The van der Waals surface area contributed by atoms with Crippen molar-refractivity contribution in [2.45, 2.75) is 17.4 Å². The minimum absolute atomic E-state index is 0.0253. The van der Waals surface area contributed by atoms with E-state index in [9.17, 15) is 17.6 Å². The van der Waals surface area contributed by atoms with Gasteiger partial charge >= 0.3 is 0 Å². The number of hydrogen-bond donors (Lipinski definition) is 0. The second-order valence-electron chi connectivity index (χ2n) is 5.96. The number of piperazine rings is 1. The SMILES string of the molecule is CN1CCC(N2CCN(S(=O)(=O)c3cccc(F)c3)CC2)C1=O. The highest BCUT2D eigenvalue weighted by molar-refractivity contribution is 7.89. The summed E-state index contributed by atoms with van der Waals surface area (Å²) in [6, 6.07) is 4.92. The summed E-state index contributed by atoms with van der Waals surface area (Å²) >= 11 is 0. The van der Waals surface area contributed by atoms with Gasteiger partial charge in [0.05, 0.1) is 10.9 Å². The van der Waals surface area contributed by atoms with Crippen LogP contribution in [0.3, 0.4) is 0 Å². The number of likely N-dealkylation sites (tertiary alicyclic amines) is 1. The fourth-order valence-corrected chi connectivity index (χ4v) is 4.63.